The number of amides is 1. The first kappa shape index (κ1) is 12.2. The fourth-order valence-corrected chi connectivity index (χ4v) is 2.23. The predicted molar refractivity (Wildman–Crippen MR) is 64.1 cm³/mol. The molecule has 1 amide bonds. The van der Waals surface area contributed by atoms with Crippen LogP contribution in [-0.4, -0.2) is 24.7 Å². The first-order chi connectivity index (χ1) is 8.08. The summed E-state index contributed by atoms with van der Waals surface area (Å²) in [5, 5.41) is 2.97. The summed E-state index contributed by atoms with van der Waals surface area (Å²) in [5.74, 6) is 1.35. The summed E-state index contributed by atoms with van der Waals surface area (Å²) in [6, 6.07) is 1.81. The van der Waals surface area contributed by atoms with Crippen molar-refractivity contribution in [1.82, 2.24) is 5.32 Å². The Morgan fingerprint density at radius 1 is 1.53 bits per heavy atom. The van der Waals surface area contributed by atoms with Crippen LogP contribution in [0.4, 0.5) is 0 Å². The Balaban J connectivity index is 1.98. The van der Waals surface area contributed by atoms with E-state index < -0.39 is 0 Å². The van der Waals surface area contributed by atoms with E-state index in [1.165, 1.54) is 0 Å². The second-order valence-electron chi connectivity index (χ2n) is 4.64. The van der Waals surface area contributed by atoms with E-state index in [1.54, 1.807) is 13.0 Å². The van der Waals surface area contributed by atoms with E-state index in [4.69, 9.17) is 9.15 Å². The third-order valence-electron chi connectivity index (χ3n) is 3.17. The zero-order chi connectivity index (χ0) is 12.4. The molecule has 1 aliphatic rings. The van der Waals surface area contributed by atoms with Gasteiger partial charge in [0.1, 0.15) is 11.5 Å². The van der Waals surface area contributed by atoms with E-state index in [1.807, 2.05) is 13.8 Å². The molecule has 94 valence electrons. The molecule has 0 saturated carbocycles. The molecule has 2 atom stereocenters. The van der Waals surface area contributed by atoms with Gasteiger partial charge in [-0.2, -0.15) is 0 Å². The Morgan fingerprint density at radius 2 is 2.29 bits per heavy atom. The zero-order valence-corrected chi connectivity index (χ0v) is 10.6. The minimum absolute atomic E-state index is 0.0413. The van der Waals surface area contributed by atoms with Gasteiger partial charge < -0.3 is 14.5 Å². The van der Waals surface area contributed by atoms with Crippen LogP contribution in [0.25, 0.3) is 0 Å². The number of nitrogens with one attached hydrogen (secondary N) is 1. The quantitative estimate of drug-likeness (QED) is 0.876. The average molecular weight is 237 g/mol. The molecule has 0 spiro atoms. The Morgan fingerprint density at radius 3 is 2.82 bits per heavy atom. The number of furan rings is 1. The molecule has 1 saturated heterocycles. The predicted octanol–water partition coefficient (Wildman–Crippen LogP) is 2.19. The molecule has 2 heterocycles. The molecule has 0 unspecified atom stereocenters. The smallest absolute Gasteiger partial charge is 0.255 e. The molecule has 0 aliphatic carbocycles. The second-order valence-corrected chi connectivity index (χ2v) is 4.64. The van der Waals surface area contributed by atoms with Crippen LogP contribution >= 0.6 is 0 Å². The van der Waals surface area contributed by atoms with Crippen molar-refractivity contribution in [3.8, 4) is 0 Å². The van der Waals surface area contributed by atoms with Crippen molar-refractivity contribution in [1.29, 1.82) is 0 Å². The van der Waals surface area contributed by atoms with Crippen molar-refractivity contribution in [3.05, 3.63) is 23.2 Å². The largest absolute Gasteiger partial charge is 0.466 e. The Bertz CT molecular complexity index is 405. The molecule has 1 aromatic heterocycles. The van der Waals surface area contributed by atoms with Gasteiger partial charge in [-0.3, -0.25) is 4.79 Å². The molecular weight excluding hydrogens is 218 g/mol. The van der Waals surface area contributed by atoms with Gasteiger partial charge in [0, 0.05) is 6.61 Å². The summed E-state index contributed by atoms with van der Waals surface area (Å²) in [5.41, 5.74) is 0.618. The van der Waals surface area contributed by atoms with Gasteiger partial charge in [-0.05, 0) is 39.7 Å². The standard InChI is InChI=1S/C13H19NO3/c1-8-7-11(10(3)17-8)13(15)14-9(2)12-5-4-6-16-12/h7,9,12H,4-6H2,1-3H3,(H,14,15)/t9-,12-/m0/s1. The van der Waals surface area contributed by atoms with Gasteiger partial charge in [0.05, 0.1) is 17.7 Å². The number of hydrogen-bond acceptors (Lipinski definition) is 3. The lowest BCUT2D eigenvalue weighted by Gasteiger charge is -2.19. The number of hydrogen-bond donors (Lipinski definition) is 1. The summed E-state index contributed by atoms with van der Waals surface area (Å²) in [4.78, 5) is 12.0. The highest BCUT2D eigenvalue weighted by molar-refractivity contribution is 5.95. The lowest BCUT2D eigenvalue weighted by atomic mass is 10.1. The van der Waals surface area contributed by atoms with Crippen LogP contribution in [0.1, 0.15) is 41.6 Å². The summed E-state index contributed by atoms with van der Waals surface area (Å²) in [7, 11) is 0. The molecule has 1 fully saturated rings. The summed E-state index contributed by atoms with van der Waals surface area (Å²) in [6.07, 6.45) is 2.24. The van der Waals surface area contributed by atoms with Crippen LogP contribution in [-0.2, 0) is 4.74 Å². The zero-order valence-electron chi connectivity index (χ0n) is 10.6. The van der Waals surface area contributed by atoms with E-state index >= 15 is 0 Å². The van der Waals surface area contributed by atoms with Gasteiger partial charge in [0.2, 0.25) is 0 Å². The third kappa shape index (κ3) is 2.69. The fourth-order valence-electron chi connectivity index (χ4n) is 2.23. The normalized spacial score (nSPS) is 21.5. The van der Waals surface area contributed by atoms with Crippen LogP contribution in [0.3, 0.4) is 0 Å². The maximum Gasteiger partial charge on any atom is 0.255 e. The maximum absolute atomic E-state index is 12.0. The van der Waals surface area contributed by atoms with Gasteiger partial charge in [0.25, 0.3) is 5.91 Å². The Labute approximate surface area is 101 Å². The summed E-state index contributed by atoms with van der Waals surface area (Å²) < 4.78 is 10.9. The SMILES string of the molecule is Cc1cc(C(=O)N[C@@H](C)[C@@H]2CCCO2)c(C)o1. The highest BCUT2D eigenvalue weighted by Gasteiger charge is 2.25. The summed E-state index contributed by atoms with van der Waals surface area (Å²) in [6.45, 7) is 6.43. The molecule has 0 radical (unpaired) electrons. The van der Waals surface area contributed by atoms with Crippen molar-refractivity contribution < 1.29 is 13.9 Å². The highest BCUT2D eigenvalue weighted by Crippen LogP contribution is 2.17. The monoisotopic (exact) mass is 237 g/mol. The number of aryl methyl sites for hydroxylation is 2. The molecule has 17 heavy (non-hydrogen) atoms. The lowest BCUT2D eigenvalue weighted by molar-refractivity contribution is 0.0711. The van der Waals surface area contributed by atoms with Crippen molar-refractivity contribution in [2.75, 3.05) is 6.61 Å². The fraction of sp³-hybridized carbons (Fsp3) is 0.615. The first-order valence-corrected chi connectivity index (χ1v) is 6.07. The highest BCUT2D eigenvalue weighted by atomic mass is 16.5. The Kier molecular flexibility index (Phi) is 3.52. The van der Waals surface area contributed by atoms with E-state index in [-0.39, 0.29) is 18.1 Å². The maximum atomic E-state index is 12.0. The molecule has 1 N–H and O–H groups in total. The van der Waals surface area contributed by atoms with Crippen LogP contribution in [0.5, 0.6) is 0 Å². The molecule has 1 aliphatic heterocycles. The third-order valence-corrected chi connectivity index (χ3v) is 3.17. The minimum Gasteiger partial charge on any atom is -0.466 e. The molecule has 1 aromatic rings. The molecule has 2 rings (SSSR count). The molecular formula is C13H19NO3. The molecule has 0 bridgehead atoms. The van der Waals surface area contributed by atoms with Crippen LogP contribution < -0.4 is 5.32 Å². The van der Waals surface area contributed by atoms with E-state index in [0.717, 1.165) is 25.2 Å². The number of carbonyl (C=O) groups excluding carboxylic acids is 1. The minimum atomic E-state index is -0.0812. The number of ether oxygens (including phenoxy) is 1. The van der Waals surface area contributed by atoms with Crippen molar-refractivity contribution in [2.45, 2.75) is 45.8 Å². The van der Waals surface area contributed by atoms with Crippen molar-refractivity contribution in [3.63, 3.8) is 0 Å². The van der Waals surface area contributed by atoms with Crippen LogP contribution in [0.2, 0.25) is 0 Å². The van der Waals surface area contributed by atoms with Gasteiger partial charge in [-0.15, -0.1) is 0 Å². The number of rotatable bonds is 3. The van der Waals surface area contributed by atoms with Crippen LogP contribution in [0, 0.1) is 13.8 Å². The number of carbonyl (C=O) groups is 1. The van der Waals surface area contributed by atoms with Gasteiger partial charge >= 0.3 is 0 Å². The molecule has 4 heteroatoms. The average Bonchev–Trinajstić information content (AvgIpc) is 2.87. The first-order valence-electron chi connectivity index (χ1n) is 6.07. The van der Waals surface area contributed by atoms with E-state index in [0.29, 0.717) is 11.3 Å². The van der Waals surface area contributed by atoms with Gasteiger partial charge in [0.15, 0.2) is 0 Å². The van der Waals surface area contributed by atoms with E-state index in [2.05, 4.69) is 5.32 Å². The molecule has 0 aromatic carbocycles. The van der Waals surface area contributed by atoms with Crippen molar-refractivity contribution >= 4 is 5.91 Å². The molecule has 4 nitrogen and oxygen atoms in total. The van der Waals surface area contributed by atoms with Crippen LogP contribution in [0.15, 0.2) is 10.5 Å². The Hall–Kier alpha value is -1.29. The van der Waals surface area contributed by atoms with Crippen molar-refractivity contribution in [2.24, 2.45) is 0 Å². The van der Waals surface area contributed by atoms with Gasteiger partial charge in [-0.25, -0.2) is 0 Å². The summed E-state index contributed by atoms with van der Waals surface area (Å²) >= 11 is 0. The topological polar surface area (TPSA) is 51.5 Å². The lowest BCUT2D eigenvalue weighted by Crippen LogP contribution is -2.40. The van der Waals surface area contributed by atoms with Gasteiger partial charge in [-0.1, -0.05) is 0 Å². The second kappa shape index (κ2) is 4.92. The van der Waals surface area contributed by atoms with E-state index in [9.17, 15) is 4.79 Å².